The summed E-state index contributed by atoms with van der Waals surface area (Å²) >= 11 is 0. The molecule has 2 fully saturated rings. The Hall–Kier alpha value is -4.33. The van der Waals surface area contributed by atoms with Crippen molar-refractivity contribution in [3.8, 4) is 0 Å². The highest BCUT2D eigenvalue weighted by molar-refractivity contribution is 7.92. The average molecular weight is 671 g/mol. The van der Waals surface area contributed by atoms with Crippen molar-refractivity contribution in [2.75, 3.05) is 79.5 Å². The normalized spacial score (nSPS) is 16.6. The summed E-state index contributed by atoms with van der Waals surface area (Å²) in [7, 11) is 0.104. The maximum Gasteiger partial charge on any atom is 0.232 e. The quantitative estimate of drug-likeness (QED) is 0.234. The number of nitrogens with zero attached hydrogens (tertiary/aromatic N) is 8. The van der Waals surface area contributed by atoms with E-state index in [1.54, 1.807) is 30.7 Å². The van der Waals surface area contributed by atoms with Gasteiger partial charge in [0.25, 0.3) is 0 Å². The molecule has 0 saturated carbocycles. The topological polar surface area (TPSA) is 123 Å². The van der Waals surface area contributed by atoms with Gasteiger partial charge in [-0.05, 0) is 74.7 Å². The third-order valence-corrected chi connectivity index (χ3v) is 10.7. The molecule has 0 amide bonds. The summed E-state index contributed by atoms with van der Waals surface area (Å²) in [5.74, 6) is 0.894. The Morgan fingerprint density at radius 1 is 1.00 bits per heavy atom. The second-order valence-corrected chi connectivity index (χ2v) is 14.9. The lowest BCUT2D eigenvalue weighted by Gasteiger charge is -2.43. The van der Waals surface area contributed by atoms with Crippen molar-refractivity contribution in [2.45, 2.75) is 39.2 Å². The predicted octanol–water partition coefficient (Wildman–Crippen LogP) is 5.11. The summed E-state index contributed by atoms with van der Waals surface area (Å²) < 4.78 is 26.6. The minimum Gasteiger partial charge on any atom is -0.371 e. The van der Waals surface area contributed by atoms with E-state index in [2.05, 4.69) is 79.0 Å². The lowest BCUT2D eigenvalue weighted by molar-refractivity contribution is 0.0982. The summed E-state index contributed by atoms with van der Waals surface area (Å²) in [6.07, 6.45) is 9.30. The third kappa shape index (κ3) is 7.23. The lowest BCUT2D eigenvalue weighted by Crippen LogP contribution is -2.52. The third-order valence-electron chi connectivity index (χ3n) is 9.50. The van der Waals surface area contributed by atoms with Crippen LogP contribution in [-0.2, 0) is 16.4 Å². The summed E-state index contributed by atoms with van der Waals surface area (Å²) in [6.45, 7) is 15.0. The molecule has 48 heavy (non-hydrogen) atoms. The molecular formula is C35H46N10O2S. The zero-order valence-corrected chi connectivity index (χ0v) is 29.4. The molecule has 0 radical (unpaired) electrons. The molecule has 0 aliphatic carbocycles. The van der Waals surface area contributed by atoms with Gasteiger partial charge in [-0.3, -0.25) is 19.2 Å². The molecular weight excluding hydrogens is 625 g/mol. The zero-order chi connectivity index (χ0) is 34.0. The van der Waals surface area contributed by atoms with Crippen LogP contribution in [0.3, 0.4) is 0 Å². The molecule has 2 N–H and O–H groups in total. The number of nitrogens with one attached hydrogen (secondary N) is 2. The molecule has 0 spiro atoms. The van der Waals surface area contributed by atoms with E-state index >= 15 is 0 Å². The Morgan fingerprint density at radius 3 is 2.42 bits per heavy atom. The second-order valence-electron chi connectivity index (χ2n) is 12.9. The summed E-state index contributed by atoms with van der Waals surface area (Å²) in [4.78, 5) is 25.9. The lowest BCUT2D eigenvalue weighted by atomic mass is 10.00. The largest absolute Gasteiger partial charge is 0.371 e. The molecule has 2 saturated heterocycles. The van der Waals surface area contributed by atoms with Crippen LogP contribution in [0.25, 0.3) is 16.6 Å². The fourth-order valence-electron chi connectivity index (χ4n) is 6.63. The van der Waals surface area contributed by atoms with Crippen molar-refractivity contribution < 1.29 is 8.42 Å². The number of sulfonamides is 1. The number of aromatic nitrogens is 4. The van der Waals surface area contributed by atoms with Crippen LogP contribution in [-0.4, -0.2) is 104 Å². The van der Waals surface area contributed by atoms with Crippen LogP contribution >= 0.6 is 0 Å². The van der Waals surface area contributed by atoms with Crippen molar-refractivity contribution in [1.29, 1.82) is 0 Å². The second kappa shape index (κ2) is 14.0. The van der Waals surface area contributed by atoms with Crippen molar-refractivity contribution >= 4 is 61.1 Å². The van der Waals surface area contributed by atoms with Gasteiger partial charge in [-0.15, -0.1) is 0 Å². The van der Waals surface area contributed by atoms with E-state index < -0.39 is 10.0 Å². The monoisotopic (exact) mass is 670 g/mol. The van der Waals surface area contributed by atoms with Crippen LogP contribution in [0.15, 0.2) is 55.5 Å². The molecule has 2 aromatic carbocycles. The fraction of sp³-hybridized carbons (Fsp3) is 0.429. The van der Waals surface area contributed by atoms with Crippen LogP contribution in [0.2, 0.25) is 0 Å². The molecule has 0 bridgehead atoms. The van der Waals surface area contributed by atoms with E-state index in [9.17, 15) is 8.42 Å². The Labute approximate surface area is 284 Å². The van der Waals surface area contributed by atoms with Crippen molar-refractivity contribution in [2.24, 2.45) is 0 Å². The highest BCUT2D eigenvalue weighted by Gasteiger charge is 2.28. The molecule has 0 atom stereocenters. The SMILES string of the molecule is C=C(C)c1cnc(Nc2ccc(N3CCC(N4CCN(C)CC4)CC3)c(CC)c2)nc1Nc1ccc2nccnc2c1N(C)S(C)(=O)=O. The average Bonchev–Trinajstić information content (AvgIpc) is 3.08. The number of aryl methyl sites for hydroxylation is 1. The van der Waals surface area contributed by atoms with Gasteiger partial charge >= 0.3 is 0 Å². The first-order valence-electron chi connectivity index (χ1n) is 16.6. The van der Waals surface area contributed by atoms with Crippen molar-refractivity contribution in [3.63, 3.8) is 0 Å². The molecule has 4 aromatic rings. The number of hydrogen-bond donors (Lipinski definition) is 2. The molecule has 13 heteroatoms. The maximum atomic E-state index is 12.7. The first-order valence-corrected chi connectivity index (χ1v) is 18.4. The van der Waals surface area contributed by atoms with Gasteiger partial charge in [0.1, 0.15) is 17.0 Å². The molecule has 2 aromatic heterocycles. The number of likely N-dealkylation sites (N-methyl/N-ethyl adjacent to an activating group) is 1. The van der Waals surface area contributed by atoms with Crippen LogP contribution in [0.1, 0.15) is 37.8 Å². The summed E-state index contributed by atoms with van der Waals surface area (Å²) in [5.41, 5.74) is 6.85. The molecule has 4 heterocycles. The van der Waals surface area contributed by atoms with Gasteiger partial charge in [0, 0.05) is 87.9 Å². The zero-order valence-electron chi connectivity index (χ0n) is 28.6. The highest BCUT2D eigenvalue weighted by Crippen LogP contribution is 2.37. The Morgan fingerprint density at radius 2 is 1.73 bits per heavy atom. The van der Waals surface area contributed by atoms with Gasteiger partial charge in [0.15, 0.2) is 0 Å². The number of piperidine rings is 1. The molecule has 2 aliphatic heterocycles. The molecule has 0 unspecified atom stereocenters. The first-order chi connectivity index (χ1) is 23.0. The van der Waals surface area contributed by atoms with Crippen molar-refractivity contribution in [3.05, 3.63) is 66.6 Å². The maximum absolute atomic E-state index is 12.7. The van der Waals surface area contributed by atoms with Gasteiger partial charge in [0.05, 0.1) is 17.5 Å². The van der Waals surface area contributed by atoms with E-state index in [1.165, 1.54) is 48.5 Å². The van der Waals surface area contributed by atoms with Gasteiger partial charge in [0.2, 0.25) is 16.0 Å². The van der Waals surface area contributed by atoms with Crippen LogP contribution < -0.4 is 19.8 Å². The number of hydrogen-bond acceptors (Lipinski definition) is 11. The van der Waals surface area contributed by atoms with Crippen LogP contribution in [0.5, 0.6) is 0 Å². The van der Waals surface area contributed by atoms with E-state index in [1.807, 2.05) is 6.92 Å². The molecule has 2 aliphatic rings. The fourth-order valence-corrected chi connectivity index (χ4v) is 7.14. The summed E-state index contributed by atoms with van der Waals surface area (Å²) in [6, 6.07) is 10.7. The minimum atomic E-state index is -3.61. The van der Waals surface area contributed by atoms with Gasteiger partial charge < -0.3 is 20.4 Å². The van der Waals surface area contributed by atoms with E-state index in [0.717, 1.165) is 50.1 Å². The van der Waals surface area contributed by atoms with E-state index in [0.29, 0.717) is 45.8 Å². The van der Waals surface area contributed by atoms with E-state index in [-0.39, 0.29) is 0 Å². The van der Waals surface area contributed by atoms with Gasteiger partial charge in [-0.2, -0.15) is 4.98 Å². The molecule has 254 valence electrons. The van der Waals surface area contributed by atoms with Crippen LogP contribution in [0, 0.1) is 0 Å². The standard InChI is InChI=1S/C35H46N10O2S/c1-7-25-22-26(8-11-31(25)45-16-12-27(13-17-45)44-20-18-42(4)19-21-44)39-35-38-23-28(24(2)3)34(41-35)40-30-10-9-29-32(37-15-14-36-29)33(30)43(5)48(6,46)47/h8-11,14-15,22-23,27H,2,7,12-13,16-21H2,1,3-6H3,(H2,38,39,40,41). The van der Waals surface area contributed by atoms with E-state index in [4.69, 9.17) is 4.98 Å². The number of rotatable bonds is 10. The van der Waals surface area contributed by atoms with Gasteiger partial charge in [-0.25, -0.2) is 13.4 Å². The highest BCUT2D eigenvalue weighted by atomic mass is 32.2. The number of allylic oxidation sites excluding steroid dienone is 1. The number of fused-ring (bicyclic) bond motifs is 1. The smallest absolute Gasteiger partial charge is 0.232 e. The van der Waals surface area contributed by atoms with Crippen molar-refractivity contribution in [1.82, 2.24) is 29.7 Å². The van der Waals surface area contributed by atoms with Gasteiger partial charge in [-0.1, -0.05) is 13.5 Å². The Balaban J connectivity index is 1.23. The molecule has 6 rings (SSSR count). The van der Waals surface area contributed by atoms with Crippen LogP contribution in [0.4, 0.5) is 34.5 Å². The Kier molecular flexibility index (Phi) is 9.81. The Bertz CT molecular complexity index is 1900. The molecule has 12 nitrogen and oxygen atoms in total. The predicted molar refractivity (Wildman–Crippen MR) is 196 cm³/mol. The first kappa shape index (κ1) is 33.6. The number of anilines is 6. The number of benzene rings is 2. The summed E-state index contributed by atoms with van der Waals surface area (Å²) in [5, 5.41) is 6.76. The number of piperazine rings is 1. The minimum absolute atomic E-state index is 0.375.